The van der Waals surface area contributed by atoms with Gasteiger partial charge < -0.3 is 15.4 Å². The smallest absolute Gasteiger partial charge is 0.220 e. The molecule has 128 valence electrons. The quantitative estimate of drug-likeness (QED) is 0.838. The molecule has 23 heavy (non-hydrogen) atoms. The van der Waals surface area contributed by atoms with Crippen molar-refractivity contribution in [1.29, 1.82) is 0 Å². The van der Waals surface area contributed by atoms with Gasteiger partial charge in [0, 0.05) is 30.6 Å². The van der Waals surface area contributed by atoms with Gasteiger partial charge in [0.1, 0.15) is 5.75 Å². The normalized spacial score (nSPS) is 25.5. The van der Waals surface area contributed by atoms with E-state index in [4.69, 9.17) is 4.74 Å². The SMILES string of the molecule is CCOc1ccccc1CNC(=O)CC1CC2CCC(C1)N2.Cl. The van der Waals surface area contributed by atoms with Crippen LogP contribution < -0.4 is 15.4 Å². The summed E-state index contributed by atoms with van der Waals surface area (Å²) in [6.07, 6.45) is 5.53. The van der Waals surface area contributed by atoms with E-state index in [-0.39, 0.29) is 18.3 Å². The Balaban J connectivity index is 0.00000192. The zero-order chi connectivity index (χ0) is 15.4. The first-order chi connectivity index (χ1) is 10.7. The Hall–Kier alpha value is -1.26. The number of fused-ring (bicyclic) bond motifs is 2. The van der Waals surface area contributed by atoms with E-state index < -0.39 is 0 Å². The molecule has 2 saturated heterocycles. The third-order valence-corrected chi connectivity index (χ3v) is 4.79. The lowest BCUT2D eigenvalue weighted by Gasteiger charge is -2.28. The maximum atomic E-state index is 12.2. The summed E-state index contributed by atoms with van der Waals surface area (Å²) < 4.78 is 5.60. The van der Waals surface area contributed by atoms with Crippen LogP contribution in [0.2, 0.25) is 0 Å². The highest BCUT2D eigenvalue weighted by Gasteiger charge is 2.34. The highest BCUT2D eigenvalue weighted by Crippen LogP contribution is 2.32. The molecule has 0 saturated carbocycles. The molecular weight excluding hydrogens is 312 g/mol. The highest BCUT2D eigenvalue weighted by atomic mass is 35.5. The second kappa shape index (κ2) is 8.55. The Morgan fingerprint density at radius 2 is 1.96 bits per heavy atom. The number of piperidine rings is 1. The number of para-hydroxylation sites is 1. The van der Waals surface area contributed by atoms with Crippen LogP contribution in [-0.4, -0.2) is 24.6 Å². The molecule has 1 amide bonds. The molecule has 2 atom stereocenters. The Kier molecular flexibility index (Phi) is 6.72. The molecule has 4 nitrogen and oxygen atoms in total. The highest BCUT2D eigenvalue weighted by molar-refractivity contribution is 5.85. The number of hydrogen-bond acceptors (Lipinski definition) is 3. The van der Waals surface area contributed by atoms with Crippen molar-refractivity contribution >= 4 is 18.3 Å². The fourth-order valence-electron chi connectivity index (χ4n) is 3.82. The summed E-state index contributed by atoms with van der Waals surface area (Å²) in [5.41, 5.74) is 1.04. The van der Waals surface area contributed by atoms with E-state index in [0.29, 0.717) is 37.6 Å². The number of hydrogen-bond donors (Lipinski definition) is 2. The first kappa shape index (κ1) is 18.1. The first-order valence-corrected chi connectivity index (χ1v) is 8.48. The van der Waals surface area contributed by atoms with Gasteiger partial charge in [0.2, 0.25) is 5.91 Å². The van der Waals surface area contributed by atoms with Crippen molar-refractivity contribution in [2.75, 3.05) is 6.61 Å². The summed E-state index contributed by atoms with van der Waals surface area (Å²) in [5, 5.41) is 6.68. The van der Waals surface area contributed by atoms with E-state index in [1.54, 1.807) is 0 Å². The van der Waals surface area contributed by atoms with Gasteiger partial charge in [0.15, 0.2) is 0 Å². The predicted octanol–water partition coefficient (Wildman–Crippen LogP) is 3.04. The Bertz CT molecular complexity index is 511. The van der Waals surface area contributed by atoms with Gasteiger partial charge in [-0.15, -0.1) is 12.4 Å². The zero-order valence-corrected chi connectivity index (χ0v) is 14.5. The van der Waals surface area contributed by atoms with Crippen LogP contribution in [-0.2, 0) is 11.3 Å². The van der Waals surface area contributed by atoms with Gasteiger partial charge in [0.05, 0.1) is 6.61 Å². The molecule has 1 aromatic carbocycles. The minimum atomic E-state index is 0. The number of carbonyl (C=O) groups is 1. The van der Waals surface area contributed by atoms with Gasteiger partial charge >= 0.3 is 0 Å². The minimum absolute atomic E-state index is 0. The average molecular weight is 339 g/mol. The number of carbonyl (C=O) groups excluding carboxylic acids is 1. The predicted molar refractivity (Wildman–Crippen MR) is 94.0 cm³/mol. The molecule has 2 unspecified atom stereocenters. The molecule has 0 aromatic heterocycles. The molecule has 2 aliphatic heterocycles. The van der Waals surface area contributed by atoms with E-state index in [1.165, 1.54) is 12.8 Å². The van der Waals surface area contributed by atoms with Crippen LogP contribution in [0.5, 0.6) is 5.75 Å². The van der Waals surface area contributed by atoms with Crippen molar-refractivity contribution in [2.24, 2.45) is 5.92 Å². The summed E-state index contributed by atoms with van der Waals surface area (Å²) in [6, 6.07) is 9.20. The van der Waals surface area contributed by atoms with E-state index in [1.807, 2.05) is 31.2 Å². The van der Waals surface area contributed by atoms with Crippen molar-refractivity contribution in [2.45, 2.75) is 57.7 Å². The van der Waals surface area contributed by atoms with Crippen molar-refractivity contribution in [1.82, 2.24) is 10.6 Å². The Labute approximate surface area is 144 Å². The van der Waals surface area contributed by atoms with Crippen LogP contribution in [0.4, 0.5) is 0 Å². The van der Waals surface area contributed by atoms with Gasteiger partial charge in [-0.2, -0.15) is 0 Å². The Morgan fingerprint density at radius 3 is 2.65 bits per heavy atom. The second-order valence-corrected chi connectivity index (χ2v) is 6.50. The summed E-state index contributed by atoms with van der Waals surface area (Å²) in [4.78, 5) is 12.2. The minimum Gasteiger partial charge on any atom is -0.494 e. The molecule has 0 aliphatic carbocycles. The third-order valence-electron chi connectivity index (χ3n) is 4.79. The number of benzene rings is 1. The molecule has 2 aliphatic rings. The monoisotopic (exact) mass is 338 g/mol. The molecule has 2 fully saturated rings. The van der Waals surface area contributed by atoms with Gasteiger partial charge in [0.25, 0.3) is 0 Å². The standard InChI is InChI=1S/C18H26N2O2.ClH/c1-2-22-17-6-4-3-5-14(17)12-19-18(21)11-13-9-15-7-8-16(10-13)20-15;/h3-6,13,15-16,20H,2,7-12H2,1H3,(H,19,21);1H. The largest absolute Gasteiger partial charge is 0.494 e. The lowest BCUT2D eigenvalue weighted by atomic mass is 9.89. The second-order valence-electron chi connectivity index (χ2n) is 6.50. The number of ether oxygens (including phenoxy) is 1. The molecular formula is C18H27ClN2O2. The maximum Gasteiger partial charge on any atom is 0.220 e. The van der Waals surface area contributed by atoms with Crippen LogP contribution in [0, 0.1) is 5.92 Å². The lowest BCUT2D eigenvalue weighted by Crippen LogP contribution is -2.39. The van der Waals surface area contributed by atoms with Crippen molar-refractivity contribution in [3.8, 4) is 5.75 Å². The molecule has 2 bridgehead atoms. The summed E-state index contributed by atoms with van der Waals surface area (Å²) in [7, 11) is 0. The van der Waals surface area contributed by atoms with Crippen LogP contribution >= 0.6 is 12.4 Å². The number of amides is 1. The topological polar surface area (TPSA) is 50.4 Å². The molecule has 0 radical (unpaired) electrons. The summed E-state index contributed by atoms with van der Waals surface area (Å²) in [5.74, 6) is 1.57. The van der Waals surface area contributed by atoms with Crippen LogP contribution in [0.15, 0.2) is 24.3 Å². The first-order valence-electron chi connectivity index (χ1n) is 8.48. The Morgan fingerprint density at radius 1 is 1.26 bits per heavy atom. The molecule has 2 heterocycles. The van der Waals surface area contributed by atoms with Crippen LogP contribution in [0.1, 0.15) is 44.6 Å². The van der Waals surface area contributed by atoms with E-state index in [9.17, 15) is 4.79 Å². The van der Waals surface area contributed by atoms with E-state index in [0.717, 1.165) is 24.2 Å². The maximum absolute atomic E-state index is 12.2. The van der Waals surface area contributed by atoms with Gasteiger partial charge in [-0.1, -0.05) is 18.2 Å². The van der Waals surface area contributed by atoms with Gasteiger partial charge in [-0.3, -0.25) is 4.79 Å². The molecule has 1 aromatic rings. The van der Waals surface area contributed by atoms with Crippen LogP contribution in [0.3, 0.4) is 0 Å². The fraction of sp³-hybridized carbons (Fsp3) is 0.611. The van der Waals surface area contributed by atoms with Crippen molar-refractivity contribution in [3.63, 3.8) is 0 Å². The average Bonchev–Trinajstić information content (AvgIpc) is 2.85. The summed E-state index contributed by atoms with van der Waals surface area (Å²) >= 11 is 0. The third kappa shape index (κ3) is 4.85. The van der Waals surface area contributed by atoms with E-state index >= 15 is 0 Å². The summed E-state index contributed by atoms with van der Waals surface area (Å²) in [6.45, 7) is 3.16. The van der Waals surface area contributed by atoms with E-state index in [2.05, 4.69) is 10.6 Å². The lowest BCUT2D eigenvalue weighted by molar-refractivity contribution is -0.122. The fourth-order valence-corrected chi connectivity index (χ4v) is 3.82. The number of nitrogens with one attached hydrogen (secondary N) is 2. The van der Waals surface area contributed by atoms with Gasteiger partial charge in [-0.25, -0.2) is 0 Å². The van der Waals surface area contributed by atoms with Crippen LogP contribution in [0.25, 0.3) is 0 Å². The van der Waals surface area contributed by atoms with Gasteiger partial charge in [-0.05, 0) is 44.6 Å². The molecule has 3 rings (SSSR count). The molecule has 5 heteroatoms. The molecule has 2 N–H and O–H groups in total. The zero-order valence-electron chi connectivity index (χ0n) is 13.7. The number of rotatable bonds is 6. The van der Waals surface area contributed by atoms with Crippen molar-refractivity contribution in [3.05, 3.63) is 29.8 Å². The molecule has 0 spiro atoms. The van der Waals surface area contributed by atoms with Crippen molar-refractivity contribution < 1.29 is 9.53 Å². The number of halogens is 1.